The Labute approximate surface area is 204 Å². The van der Waals surface area contributed by atoms with Crippen molar-refractivity contribution >= 4 is 11.8 Å². The zero-order valence-corrected chi connectivity index (χ0v) is 21.3. The number of hydrogen-bond acceptors (Lipinski definition) is 7. The number of amides is 2. The average molecular weight is 479 g/mol. The molecule has 3 saturated heterocycles. The number of hydrogen-bond donors (Lipinski definition) is 5. The van der Waals surface area contributed by atoms with E-state index >= 15 is 0 Å². The Morgan fingerprint density at radius 3 is 2.65 bits per heavy atom. The van der Waals surface area contributed by atoms with Gasteiger partial charge in [0.15, 0.2) is 0 Å². The van der Waals surface area contributed by atoms with E-state index in [0.29, 0.717) is 56.9 Å². The summed E-state index contributed by atoms with van der Waals surface area (Å²) in [6.07, 6.45) is 8.54. The zero-order chi connectivity index (χ0) is 24.3. The van der Waals surface area contributed by atoms with E-state index in [9.17, 15) is 14.7 Å². The highest BCUT2D eigenvalue weighted by Crippen LogP contribution is 2.33. The van der Waals surface area contributed by atoms with Crippen LogP contribution in [0.15, 0.2) is 0 Å². The SMILES string of the molecule is C[C@H](CC1NNCN1C)C1CCCC(NC(=O)C2CC(C(=O)N3CCC(C)(O)CC3)CCN2)C1. The van der Waals surface area contributed by atoms with Crippen LogP contribution in [0.1, 0.15) is 71.6 Å². The molecule has 9 heteroatoms. The van der Waals surface area contributed by atoms with Crippen LogP contribution in [0.2, 0.25) is 0 Å². The molecule has 9 nitrogen and oxygen atoms in total. The molecule has 0 aromatic carbocycles. The van der Waals surface area contributed by atoms with Gasteiger partial charge in [-0.3, -0.25) is 14.5 Å². The van der Waals surface area contributed by atoms with Crippen LogP contribution in [0.4, 0.5) is 0 Å². The van der Waals surface area contributed by atoms with Crippen LogP contribution in [0, 0.1) is 17.8 Å². The summed E-state index contributed by atoms with van der Waals surface area (Å²) in [6.45, 7) is 6.98. The second kappa shape index (κ2) is 11.2. The monoisotopic (exact) mass is 478 g/mol. The molecule has 6 atom stereocenters. The normalized spacial score (nSPS) is 35.6. The third-order valence-corrected chi connectivity index (χ3v) is 8.81. The molecule has 5 N–H and O–H groups in total. The summed E-state index contributed by atoms with van der Waals surface area (Å²) >= 11 is 0. The molecular formula is C25H46N6O3. The Morgan fingerprint density at radius 1 is 1.18 bits per heavy atom. The van der Waals surface area contributed by atoms with Gasteiger partial charge in [-0.05, 0) is 77.3 Å². The first-order valence-corrected chi connectivity index (χ1v) is 13.5. The summed E-state index contributed by atoms with van der Waals surface area (Å²) in [7, 11) is 2.14. The van der Waals surface area contributed by atoms with Crippen LogP contribution in [-0.2, 0) is 9.59 Å². The van der Waals surface area contributed by atoms with Crippen molar-refractivity contribution in [2.45, 2.75) is 95.5 Å². The van der Waals surface area contributed by atoms with E-state index in [0.717, 1.165) is 38.8 Å². The number of piperidine rings is 2. The summed E-state index contributed by atoms with van der Waals surface area (Å²) in [6, 6.07) is -0.0703. The fraction of sp³-hybridized carbons (Fsp3) is 0.920. The predicted molar refractivity (Wildman–Crippen MR) is 131 cm³/mol. The molecule has 4 rings (SSSR count). The Balaban J connectivity index is 1.24. The first kappa shape index (κ1) is 25.8. The maximum Gasteiger partial charge on any atom is 0.237 e. The molecule has 3 heterocycles. The van der Waals surface area contributed by atoms with Gasteiger partial charge in [-0.2, -0.15) is 0 Å². The molecule has 34 heavy (non-hydrogen) atoms. The first-order chi connectivity index (χ1) is 16.2. The van der Waals surface area contributed by atoms with E-state index in [1.165, 1.54) is 6.42 Å². The van der Waals surface area contributed by atoms with E-state index in [4.69, 9.17) is 0 Å². The third kappa shape index (κ3) is 6.49. The molecule has 0 bridgehead atoms. The third-order valence-electron chi connectivity index (χ3n) is 8.81. The molecule has 4 fully saturated rings. The topological polar surface area (TPSA) is 109 Å². The number of likely N-dealkylation sites (tertiary alicyclic amines) is 1. The quantitative estimate of drug-likeness (QED) is 0.383. The highest BCUT2D eigenvalue weighted by Gasteiger charge is 2.37. The summed E-state index contributed by atoms with van der Waals surface area (Å²) in [5, 5.41) is 16.9. The highest BCUT2D eigenvalue weighted by molar-refractivity contribution is 5.84. The van der Waals surface area contributed by atoms with Crippen LogP contribution >= 0.6 is 0 Å². The number of carbonyl (C=O) groups is 2. The van der Waals surface area contributed by atoms with E-state index in [1.807, 2.05) is 11.8 Å². The van der Waals surface area contributed by atoms with E-state index in [2.05, 4.69) is 40.4 Å². The summed E-state index contributed by atoms with van der Waals surface area (Å²) in [5.74, 6) is 1.32. The smallest absolute Gasteiger partial charge is 0.237 e. The Morgan fingerprint density at radius 2 is 1.94 bits per heavy atom. The van der Waals surface area contributed by atoms with Gasteiger partial charge in [-0.1, -0.05) is 19.8 Å². The molecule has 4 aliphatic rings. The minimum absolute atomic E-state index is 0.0544. The molecule has 0 aromatic heterocycles. The van der Waals surface area contributed by atoms with E-state index in [1.54, 1.807) is 0 Å². The number of rotatable bonds is 6. The Bertz CT molecular complexity index is 709. The number of nitrogens with one attached hydrogen (secondary N) is 4. The van der Waals surface area contributed by atoms with Crippen molar-refractivity contribution in [3.63, 3.8) is 0 Å². The van der Waals surface area contributed by atoms with Crippen LogP contribution in [0.3, 0.4) is 0 Å². The van der Waals surface area contributed by atoms with Gasteiger partial charge in [0.2, 0.25) is 11.8 Å². The second-order valence-electron chi connectivity index (χ2n) is 11.6. The first-order valence-electron chi connectivity index (χ1n) is 13.5. The van der Waals surface area contributed by atoms with Crippen molar-refractivity contribution in [2.75, 3.05) is 33.4 Å². The second-order valence-corrected chi connectivity index (χ2v) is 11.6. The van der Waals surface area contributed by atoms with Gasteiger partial charge < -0.3 is 20.6 Å². The molecule has 0 radical (unpaired) electrons. The number of nitrogens with zero attached hydrogens (tertiary/aromatic N) is 2. The van der Waals surface area contributed by atoms with Crippen molar-refractivity contribution in [2.24, 2.45) is 17.8 Å². The van der Waals surface area contributed by atoms with Gasteiger partial charge >= 0.3 is 0 Å². The lowest BCUT2D eigenvalue weighted by Crippen LogP contribution is -2.55. The van der Waals surface area contributed by atoms with Crippen LogP contribution in [-0.4, -0.2) is 83.9 Å². The van der Waals surface area contributed by atoms with E-state index in [-0.39, 0.29) is 29.8 Å². The maximum absolute atomic E-state index is 13.1. The molecular weight excluding hydrogens is 432 g/mol. The van der Waals surface area contributed by atoms with Gasteiger partial charge in [-0.15, -0.1) is 0 Å². The van der Waals surface area contributed by atoms with Crippen molar-refractivity contribution in [1.29, 1.82) is 0 Å². The standard InChI is InChI=1S/C25H46N6O3/c1-17(13-22-29-27-16-30(22)3)18-5-4-6-20(14-18)28-23(32)21-15-19(7-10-26-21)24(33)31-11-8-25(2,34)9-12-31/h17-22,26-27,29,34H,4-16H2,1-3H3,(H,28,32)/t17-,18?,19?,20?,21?,22?/m1/s1. The summed E-state index contributed by atoms with van der Waals surface area (Å²) in [5.41, 5.74) is 5.91. The molecule has 0 spiro atoms. The van der Waals surface area contributed by atoms with Crippen LogP contribution in [0.25, 0.3) is 0 Å². The molecule has 194 valence electrons. The Kier molecular flexibility index (Phi) is 8.51. The average Bonchev–Trinajstić information content (AvgIpc) is 3.23. The minimum atomic E-state index is -0.664. The molecule has 1 saturated carbocycles. The van der Waals surface area contributed by atoms with Gasteiger partial charge in [-0.25, -0.2) is 10.9 Å². The largest absolute Gasteiger partial charge is 0.390 e. The van der Waals surface area contributed by atoms with Gasteiger partial charge in [0.25, 0.3) is 0 Å². The lowest BCUT2D eigenvalue weighted by molar-refractivity contribution is -0.141. The van der Waals surface area contributed by atoms with E-state index < -0.39 is 5.60 Å². The minimum Gasteiger partial charge on any atom is -0.390 e. The summed E-state index contributed by atoms with van der Waals surface area (Å²) < 4.78 is 0. The molecule has 1 aliphatic carbocycles. The predicted octanol–water partition coefficient (Wildman–Crippen LogP) is 0.752. The molecule has 0 aromatic rings. The van der Waals surface area contributed by atoms with Crippen molar-refractivity contribution in [3.05, 3.63) is 0 Å². The summed E-state index contributed by atoms with van der Waals surface area (Å²) in [4.78, 5) is 30.4. The molecule has 2 amide bonds. The van der Waals surface area contributed by atoms with Crippen LogP contribution in [0.5, 0.6) is 0 Å². The molecule has 3 aliphatic heterocycles. The number of hydrazine groups is 1. The van der Waals surface area contributed by atoms with Gasteiger partial charge in [0, 0.05) is 25.0 Å². The van der Waals surface area contributed by atoms with Crippen LogP contribution < -0.4 is 21.5 Å². The number of aliphatic hydroxyl groups is 1. The zero-order valence-electron chi connectivity index (χ0n) is 21.3. The van der Waals surface area contributed by atoms with Crippen molar-refractivity contribution in [3.8, 4) is 0 Å². The Hall–Kier alpha value is -1.26. The lowest BCUT2D eigenvalue weighted by atomic mass is 9.77. The van der Waals surface area contributed by atoms with Crippen molar-refractivity contribution in [1.82, 2.24) is 31.3 Å². The fourth-order valence-corrected chi connectivity index (χ4v) is 6.28. The lowest BCUT2D eigenvalue weighted by Gasteiger charge is -2.39. The number of carbonyl (C=O) groups excluding carboxylic acids is 2. The maximum atomic E-state index is 13.1. The van der Waals surface area contributed by atoms with Gasteiger partial charge in [0.1, 0.15) is 0 Å². The van der Waals surface area contributed by atoms with Crippen molar-refractivity contribution < 1.29 is 14.7 Å². The highest BCUT2D eigenvalue weighted by atomic mass is 16.3. The fourth-order valence-electron chi connectivity index (χ4n) is 6.28. The van der Waals surface area contributed by atoms with Gasteiger partial charge in [0.05, 0.1) is 24.5 Å². The molecule has 5 unspecified atom stereocenters.